The normalized spacial score (nSPS) is 11.5. The number of thioether (sulfide) groups is 1. The molecule has 0 aliphatic rings. The van der Waals surface area contributed by atoms with Gasteiger partial charge in [0.25, 0.3) is 5.91 Å². The highest BCUT2D eigenvalue weighted by Gasteiger charge is 2.27. The highest BCUT2D eigenvalue weighted by molar-refractivity contribution is 8.00. The maximum Gasteiger partial charge on any atom is 0.303 e. The molecule has 0 saturated heterocycles. The van der Waals surface area contributed by atoms with Crippen LogP contribution >= 0.6 is 23.1 Å². The zero-order valence-electron chi connectivity index (χ0n) is 16.9. The molecule has 0 spiro atoms. The third-order valence-electron chi connectivity index (χ3n) is 4.20. The number of carbonyl (C=O) groups excluding carboxylic acids is 1. The predicted octanol–water partition coefficient (Wildman–Crippen LogP) is 3.46. The molecule has 0 bridgehead atoms. The Morgan fingerprint density at radius 2 is 1.81 bits per heavy atom. The fourth-order valence-electron chi connectivity index (χ4n) is 2.58. The van der Waals surface area contributed by atoms with Gasteiger partial charge in [0.2, 0.25) is 5.13 Å². The van der Waals surface area contributed by atoms with Crippen molar-refractivity contribution in [2.24, 2.45) is 0 Å². The van der Waals surface area contributed by atoms with E-state index in [1.165, 1.54) is 55.4 Å². The molecule has 0 unspecified atom stereocenters. The first-order valence-corrected chi connectivity index (χ1v) is 12.4. The summed E-state index contributed by atoms with van der Waals surface area (Å²) in [5, 5.41) is 10.9. The van der Waals surface area contributed by atoms with Crippen LogP contribution in [-0.2, 0) is 16.8 Å². The quantitative estimate of drug-likeness (QED) is 0.391. The van der Waals surface area contributed by atoms with Gasteiger partial charge in [0.05, 0.1) is 12.2 Å². The third kappa shape index (κ3) is 5.39. The largest absolute Gasteiger partial charge is 0.303 e. The van der Waals surface area contributed by atoms with E-state index in [0.717, 1.165) is 13.0 Å². The van der Waals surface area contributed by atoms with Gasteiger partial charge in [0.15, 0.2) is 4.34 Å². The highest BCUT2D eigenvalue weighted by Crippen LogP contribution is 2.26. The minimum absolute atomic E-state index is 0.0566. The van der Waals surface area contributed by atoms with Crippen LogP contribution < -0.4 is 9.62 Å². The summed E-state index contributed by atoms with van der Waals surface area (Å²) in [5.74, 6) is -1.01. The molecule has 1 N–H and O–H groups in total. The molecule has 0 aliphatic carbocycles. The lowest BCUT2D eigenvalue weighted by molar-refractivity contribution is 0.102. The Morgan fingerprint density at radius 3 is 2.39 bits per heavy atom. The molecule has 164 valence electrons. The van der Waals surface area contributed by atoms with Gasteiger partial charge in [-0.3, -0.25) is 14.4 Å². The number of rotatable bonds is 8. The summed E-state index contributed by atoms with van der Waals surface area (Å²) in [6.07, 6.45) is 1.87. The number of amides is 1. The summed E-state index contributed by atoms with van der Waals surface area (Å²) in [5.41, 5.74) is 0.905. The standard InChI is InChI=1S/C19H20FN5O3S3/c1-24(2)31(27,28)25(16-7-5-4-6-15(16)20)12-13-8-10-14(11-9-13)17(26)21-18-22-23-19(29-3)30-18/h4-11H,12H2,1-3H3,(H,21,22,26). The fourth-order valence-corrected chi connectivity index (χ4v) is 4.85. The minimum atomic E-state index is -3.95. The zero-order chi connectivity index (χ0) is 22.6. The highest BCUT2D eigenvalue weighted by atomic mass is 32.2. The van der Waals surface area contributed by atoms with Gasteiger partial charge < -0.3 is 0 Å². The van der Waals surface area contributed by atoms with Crippen LogP contribution in [0.3, 0.4) is 0 Å². The fraction of sp³-hybridized carbons (Fsp3) is 0.211. The van der Waals surface area contributed by atoms with E-state index in [1.54, 1.807) is 30.3 Å². The molecule has 3 aromatic rings. The van der Waals surface area contributed by atoms with Crippen molar-refractivity contribution in [3.63, 3.8) is 0 Å². The number of nitrogens with one attached hydrogen (secondary N) is 1. The van der Waals surface area contributed by atoms with E-state index in [9.17, 15) is 17.6 Å². The van der Waals surface area contributed by atoms with Crippen LogP contribution in [-0.4, -0.2) is 49.2 Å². The van der Waals surface area contributed by atoms with E-state index in [4.69, 9.17) is 0 Å². The van der Waals surface area contributed by atoms with E-state index in [-0.39, 0.29) is 18.1 Å². The van der Waals surface area contributed by atoms with Gasteiger partial charge in [-0.25, -0.2) is 4.39 Å². The summed E-state index contributed by atoms with van der Waals surface area (Å²) >= 11 is 2.70. The topological polar surface area (TPSA) is 95.5 Å². The van der Waals surface area contributed by atoms with Crippen molar-refractivity contribution in [1.82, 2.24) is 14.5 Å². The Balaban J connectivity index is 1.81. The number of carbonyl (C=O) groups is 1. The van der Waals surface area contributed by atoms with Crippen LogP contribution in [0.15, 0.2) is 52.9 Å². The van der Waals surface area contributed by atoms with Crippen molar-refractivity contribution in [2.45, 2.75) is 10.9 Å². The van der Waals surface area contributed by atoms with Gasteiger partial charge in [-0.2, -0.15) is 12.7 Å². The van der Waals surface area contributed by atoms with E-state index in [1.807, 2.05) is 6.26 Å². The van der Waals surface area contributed by atoms with Gasteiger partial charge in [-0.15, -0.1) is 10.2 Å². The smallest absolute Gasteiger partial charge is 0.296 e. The summed E-state index contributed by atoms with van der Waals surface area (Å²) in [4.78, 5) is 12.4. The molecule has 31 heavy (non-hydrogen) atoms. The van der Waals surface area contributed by atoms with Crippen LogP contribution in [0.25, 0.3) is 0 Å². The molecule has 1 amide bonds. The first kappa shape index (κ1) is 23.1. The van der Waals surface area contributed by atoms with Crippen LogP contribution in [0.4, 0.5) is 15.2 Å². The maximum absolute atomic E-state index is 14.4. The van der Waals surface area contributed by atoms with Crippen molar-refractivity contribution < 1.29 is 17.6 Å². The number of aromatic nitrogens is 2. The van der Waals surface area contributed by atoms with Gasteiger partial charge in [0.1, 0.15) is 5.82 Å². The lowest BCUT2D eigenvalue weighted by Gasteiger charge is -2.27. The van der Waals surface area contributed by atoms with Crippen molar-refractivity contribution in [2.75, 3.05) is 30.0 Å². The number of hydrogen-bond donors (Lipinski definition) is 1. The van der Waals surface area contributed by atoms with E-state index in [0.29, 0.717) is 16.3 Å². The van der Waals surface area contributed by atoms with Gasteiger partial charge in [0, 0.05) is 19.7 Å². The number of hydrogen-bond acceptors (Lipinski definition) is 7. The van der Waals surface area contributed by atoms with Crippen LogP contribution in [0.2, 0.25) is 0 Å². The van der Waals surface area contributed by atoms with Crippen molar-refractivity contribution in [3.05, 3.63) is 65.5 Å². The van der Waals surface area contributed by atoms with Crippen molar-refractivity contribution >= 4 is 50.0 Å². The molecule has 3 rings (SSSR count). The maximum atomic E-state index is 14.4. The molecule has 0 radical (unpaired) electrons. The predicted molar refractivity (Wildman–Crippen MR) is 121 cm³/mol. The Bertz CT molecular complexity index is 1170. The van der Waals surface area contributed by atoms with Crippen molar-refractivity contribution in [3.8, 4) is 0 Å². The molecule has 0 aliphatic heterocycles. The number of nitrogens with zero attached hydrogens (tertiary/aromatic N) is 4. The Labute approximate surface area is 188 Å². The van der Waals surface area contributed by atoms with Gasteiger partial charge in [-0.1, -0.05) is 47.4 Å². The van der Waals surface area contributed by atoms with Crippen LogP contribution in [0.5, 0.6) is 0 Å². The van der Waals surface area contributed by atoms with Crippen LogP contribution in [0, 0.1) is 5.82 Å². The minimum Gasteiger partial charge on any atom is -0.296 e. The Hall–Kier alpha value is -2.54. The molecule has 1 aromatic heterocycles. The average molecular weight is 482 g/mol. The molecule has 0 atom stereocenters. The molecule has 2 aromatic carbocycles. The van der Waals surface area contributed by atoms with Gasteiger partial charge in [-0.05, 0) is 36.1 Å². The molecular formula is C19H20FN5O3S3. The second-order valence-corrected chi connectivity index (χ2v) is 10.6. The second kappa shape index (κ2) is 9.73. The second-order valence-electron chi connectivity index (χ2n) is 6.48. The van der Waals surface area contributed by atoms with E-state index in [2.05, 4.69) is 15.5 Å². The number of para-hydroxylation sites is 1. The Kier molecular flexibility index (Phi) is 7.26. The summed E-state index contributed by atoms with van der Waals surface area (Å²) in [6.45, 7) is -0.100. The summed E-state index contributed by atoms with van der Waals surface area (Å²) < 4.78 is 42.7. The number of benzene rings is 2. The van der Waals surface area contributed by atoms with Crippen molar-refractivity contribution in [1.29, 1.82) is 0 Å². The van der Waals surface area contributed by atoms with Gasteiger partial charge >= 0.3 is 10.2 Å². The summed E-state index contributed by atoms with van der Waals surface area (Å²) in [6, 6.07) is 12.1. The first-order chi connectivity index (χ1) is 14.7. The SMILES string of the molecule is CSc1nnc(NC(=O)c2ccc(CN(c3ccccc3F)S(=O)(=O)N(C)C)cc2)s1. The molecule has 0 fully saturated rings. The molecular weight excluding hydrogens is 461 g/mol. The summed E-state index contributed by atoms with van der Waals surface area (Å²) in [7, 11) is -1.19. The lowest BCUT2D eigenvalue weighted by atomic mass is 10.1. The number of anilines is 2. The zero-order valence-corrected chi connectivity index (χ0v) is 19.4. The molecule has 8 nitrogen and oxygen atoms in total. The monoisotopic (exact) mass is 481 g/mol. The lowest BCUT2D eigenvalue weighted by Crippen LogP contribution is -2.40. The van der Waals surface area contributed by atoms with E-state index >= 15 is 0 Å². The van der Waals surface area contributed by atoms with Crippen LogP contribution in [0.1, 0.15) is 15.9 Å². The first-order valence-electron chi connectivity index (χ1n) is 8.95. The molecule has 1 heterocycles. The van der Waals surface area contributed by atoms with E-state index < -0.39 is 16.0 Å². The molecule has 0 saturated carbocycles. The Morgan fingerprint density at radius 1 is 1.13 bits per heavy atom. The third-order valence-corrected chi connectivity index (χ3v) is 7.82. The average Bonchev–Trinajstić information content (AvgIpc) is 3.20. The number of halogens is 1. The molecule has 12 heteroatoms.